The van der Waals surface area contributed by atoms with E-state index in [4.69, 9.17) is 9.47 Å². The predicted octanol–water partition coefficient (Wildman–Crippen LogP) is 2.90. The number of halogens is 4. The maximum atomic E-state index is 12.9. The number of rotatable bonds is 8. The third-order valence-corrected chi connectivity index (χ3v) is 4.47. The summed E-state index contributed by atoms with van der Waals surface area (Å²) >= 11 is 0. The van der Waals surface area contributed by atoms with E-state index in [1.54, 1.807) is 19.2 Å². The molecule has 1 aromatic carbocycles. The molecule has 1 fully saturated rings. The number of hydrogen-bond acceptors (Lipinski definition) is 4. The van der Waals surface area contributed by atoms with Gasteiger partial charge in [0.1, 0.15) is 0 Å². The Hall–Kier alpha value is -1.11. The topological polar surface area (TPSA) is 58.1 Å². The molecule has 1 heterocycles. The smallest absolute Gasteiger partial charge is 0.383 e. The Morgan fingerprint density at radius 1 is 1.21 bits per heavy atom. The zero-order valence-corrected chi connectivity index (χ0v) is 19.1. The van der Waals surface area contributed by atoms with Crippen LogP contribution in [0.1, 0.15) is 24.1 Å². The Balaban J connectivity index is 0.00000420. The third-order valence-electron chi connectivity index (χ3n) is 4.47. The number of ether oxygens (including phenoxy) is 2. The monoisotopic (exact) mass is 530 g/mol. The standard InChI is InChI=1S/C19H29F3N4O2.HI/c1-3-23-18(24-8-11-27-2)25-14-17(26-9-12-28-13-10-26)15-4-6-16(7-5-15)19(20,21)22;/h4-7,17H,3,8-14H2,1-2H3,(H2,23,24,25);1H. The van der Waals surface area contributed by atoms with Gasteiger partial charge in [0.25, 0.3) is 0 Å². The van der Waals surface area contributed by atoms with Crippen molar-refractivity contribution < 1.29 is 22.6 Å². The molecule has 1 aromatic rings. The molecule has 2 N–H and O–H groups in total. The normalized spacial score (nSPS) is 16.8. The summed E-state index contributed by atoms with van der Waals surface area (Å²) in [6.45, 7) is 6.92. The number of guanidine groups is 1. The molecule has 166 valence electrons. The molecular weight excluding hydrogens is 500 g/mol. The van der Waals surface area contributed by atoms with Gasteiger partial charge in [0, 0.05) is 33.3 Å². The maximum Gasteiger partial charge on any atom is 0.416 e. The molecule has 1 saturated heterocycles. The van der Waals surface area contributed by atoms with Gasteiger partial charge in [-0.1, -0.05) is 12.1 Å². The van der Waals surface area contributed by atoms with E-state index >= 15 is 0 Å². The Morgan fingerprint density at radius 3 is 2.41 bits per heavy atom. The summed E-state index contributed by atoms with van der Waals surface area (Å²) in [5, 5.41) is 6.35. The van der Waals surface area contributed by atoms with E-state index in [9.17, 15) is 13.2 Å². The van der Waals surface area contributed by atoms with Crippen LogP contribution in [-0.2, 0) is 15.7 Å². The zero-order valence-electron chi connectivity index (χ0n) is 16.8. The second-order valence-corrected chi connectivity index (χ2v) is 6.42. The predicted molar refractivity (Wildman–Crippen MR) is 118 cm³/mol. The van der Waals surface area contributed by atoms with Gasteiger partial charge >= 0.3 is 6.18 Å². The van der Waals surface area contributed by atoms with Crippen LogP contribution in [-0.4, -0.2) is 70.5 Å². The van der Waals surface area contributed by atoms with Gasteiger partial charge in [0.2, 0.25) is 0 Å². The first-order valence-corrected chi connectivity index (χ1v) is 9.45. The molecule has 29 heavy (non-hydrogen) atoms. The van der Waals surface area contributed by atoms with Gasteiger partial charge in [0.15, 0.2) is 5.96 Å². The van der Waals surface area contributed by atoms with Crippen molar-refractivity contribution in [2.45, 2.75) is 19.1 Å². The van der Waals surface area contributed by atoms with Crippen molar-refractivity contribution in [3.05, 3.63) is 35.4 Å². The Kier molecular flexibility index (Phi) is 11.8. The van der Waals surface area contributed by atoms with E-state index < -0.39 is 11.7 Å². The minimum Gasteiger partial charge on any atom is -0.383 e. The summed E-state index contributed by atoms with van der Waals surface area (Å²) in [5.74, 6) is 0.657. The summed E-state index contributed by atoms with van der Waals surface area (Å²) in [6.07, 6.45) is -4.34. The number of nitrogens with zero attached hydrogens (tertiary/aromatic N) is 2. The highest BCUT2D eigenvalue weighted by molar-refractivity contribution is 14.0. The van der Waals surface area contributed by atoms with Crippen LogP contribution in [0.5, 0.6) is 0 Å². The van der Waals surface area contributed by atoms with Gasteiger partial charge in [-0.15, -0.1) is 24.0 Å². The van der Waals surface area contributed by atoms with E-state index in [0.717, 1.165) is 30.8 Å². The van der Waals surface area contributed by atoms with Crippen LogP contribution in [0.4, 0.5) is 13.2 Å². The third kappa shape index (κ3) is 8.65. The average Bonchev–Trinajstić information content (AvgIpc) is 2.69. The molecule has 1 aliphatic rings. The summed E-state index contributed by atoms with van der Waals surface area (Å²) in [6, 6.07) is 5.24. The lowest BCUT2D eigenvalue weighted by Crippen LogP contribution is -2.42. The first kappa shape index (κ1) is 25.9. The molecule has 0 bridgehead atoms. The van der Waals surface area contributed by atoms with Crippen LogP contribution in [0.15, 0.2) is 29.3 Å². The first-order valence-electron chi connectivity index (χ1n) is 9.45. The maximum absolute atomic E-state index is 12.9. The van der Waals surface area contributed by atoms with E-state index in [1.165, 1.54) is 0 Å². The van der Waals surface area contributed by atoms with Crippen molar-refractivity contribution in [1.82, 2.24) is 15.5 Å². The van der Waals surface area contributed by atoms with E-state index in [1.807, 2.05) is 6.92 Å². The molecule has 0 amide bonds. The number of alkyl halides is 3. The molecule has 1 unspecified atom stereocenters. The second kappa shape index (κ2) is 13.2. The number of methoxy groups -OCH3 is 1. The van der Waals surface area contributed by atoms with Crippen molar-refractivity contribution in [3.63, 3.8) is 0 Å². The summed E-state index contributed by atoms with van der Waals surface area (Å²) < 4.78 is 49.1. The Morgan fingerprint density at radius 2 is 1.86 bits per heavy atom. The van der Waals surface area contributed by atoms with Crippen LogP contribution in [0, 0.1) is 0 Å². The number of morpholine rings is 1. The van der Waals surface area contributed by atoms with Crippen molar-refractivity contribution in [1.29, 1.82) is 0 Å². The molecule has 0 radical (unpaired) electrons. The molecular formula is C19H30F3IN4O2. The van der Waals surface area contributed by atoms with Gasteiger partial charge in [-0.3, -0.25) is 9.89 Å². The molecule has 6 nitrogen and oxygen atoms in total. The lowest BCUT2D eigenvalue weighted by molar-refractivity contribution is -0.137. The van der Waals surface area contributed by atoms with Gasteiger partial charge < -0.3 is 20.1 Å². The van der Waals surface area contributed by atoms with Gasteiger partial charge in [0.05, 0.1) is 38.0 Å². The highest BCUT2D eigenvalue weighted by atomic mass is 127. The summed E-state index contributed by atoms with van der Waals surface area (Å²) in [5.41, 5.74) is 0.168. The summed E-state index contributed by atoms with van der Waals surface area (Å²) in [4.78, 5) is 6.85. The van der Waals surface area contributed by atoms with Crippen molar-refractivity contribution in [3.8, 4) is 0 Å². The van der Waals surface area contributed by atoms with Crippen LogP contribution in [0.3, 0.4) is 0 Å². The number of hydrogen-bond donors (Lipinski definition) is 2. The average molecular weight is 530 g/mol. The fourth-order valence-electron chi connectivity index (χ4n) is 3.01. The number of nitrogens with one attached hydrogen (secondary N) is 2. The van der Waals surface area contributed by atoms with Crippen molar-refractivity contribution >= 4 is 29.9 Å². The van der Waals surface area contributed by atoms with Crippen LogP contribution >= 0.6 is 24.0 Å². The minimum atomic E-state index is -4.34. The van der Waals surface area contributed by atoms with Crippen LogP contribution in [0.25, 0.3) is 0 Å². The van der Waals surface area contributed by atoms with Crippen LogP contribution in [0.2, 0.25) is 0 Å². The lowest BCUT2D eigenvalue weighted by Gasteiger charge is -2.34. The minimum absolute atomic E-state index is 0. The summed E-state index contributed by atoms with van der Waals surface area (Å²) in [7, 11) is 1.63. The van der Waals surface area contributed by atoms with Gasteiger partial charge in [-0.2, -0.15) is 13.2 Å². The molecule has 1 atom stereocenters. The van der Waals surface area contributed by atoms with Crippen molar-refractivity contribution in [2.24, 2.45) is 4.99 Å². The van der Waals surface area contributed by atoms with E-state index in [0.29, 0.717) is 45.4 Å². The molecule has 2 rings (SSSR count). The highest BCUT2D eigenvalue weighted by Crippen LogP contribution is 2.31. The molecule has 0 aliphatic carbocycles. The Labute approximate surface area is 187 Å². The lowest BCUT2D eigenvalue weighted by atomic mass is 10.0. The first-order chi connectivity index (χ1) is 13.5. The number of aliphatic imine (C=N–C) groups is 1. The fourth-order valence-corrected chi connectivity index (χ4v) is 3.01. The Bertz CT molecular complexity index is 608. The fraction of sp³-hybridized carbons (Fsp3) is 0.632. The quantitative estimate of drug-likeness (QED) is 0.235. The molecule has 0 saturated carbocycles. The molecule has 10 heteroatoms. The van der Waals surface area contributed by atoms with Crippen LogP contribution < -0.4 is 10.6 Å². The largest absolute Gasteiger partial charge is 0.416 e. The van der Waals surface area contributed by atoms with E-state index in [2.05, 4.69) is 20.5 Å². The zero-order chi connectivity index (χ0) is 20.4. The molecule has 0 aromatic heterocycles. The molecule has 1 aliphatic heterocycles. The van der Waals surface area contributed by atoms with Crippen molar-refractivity contribution in [2.75, 3.05) is 59.7 Å². The second-order valence-electron chi connectivity index (χ2n) is 6.42. The van der Waals surface area contributed by atoms with E-state index in [-0.39, 0.29) is 30.0 Å². The van der Waals surface area contributed by atoms with Gasteiger partial charge in [-0.25, -0.2) is 0 Å². The molecule has 0 spiro atoms. The number of benzene rings is 1. The SMILES string of the molecule is CCNC(=NCC(c1ccc(C(F)(F)F)cc1)N1CCOCC1)NCCOC.I. The van der Waals surface area contributed by atoms with Gasteiger partial charge in [-0.05, 0) is 24.6 Å². The highest BCUT2D eigenvalue weighted by Gasteiger charge is 2.31.